The highest BCUT2D eigenvalue weighted by Crippen LogP contribution is 2.36. The van der Waals surface area contributed by atoms with Gasteiger partial charge in [-0.25, -0.2) is 8.78 Å². The van der Waals surface area contributed by atoms with Crippen molar-refractivity contribution in [2.45, 2.75) is 44.1 Å². The molecule has 0 aromatic heterocycles. The number of piperidine rings is 1. The quantitative estimate of drug-likeness (QED) is 0.703. The van der Waals surface area contributed by atoms with Crippen molar-refractivity contribution in [2.24, 2.45) is 0 Å². The van der Waals surface area contributed by atoms with Gasteiger partial charge in [0.2, 0.25) is 5.91 Å². The molecule has 2 aromatic rings. The van der Waals surface area contributed by atoms with Gasteiger partial charge in [-0.1, -0.05) is 6.07 Å². The zero-order valence-corrected chi connectivity index (χ0v) is 16.9. The number of hydrogen-bond donors (Lipinski definition) is 1. The Labute approximate surface area is 174 Å². The fourth-order valence-corrected chi connectivity index (χ4v) is 4.16. The third-order valence-corrected chi connectivity index (χ3v) is 5.81. The van der Waals surface area contributed by atoms with E-state index in [0.717, 1.165) is 36.6 Å². The molecule has 1 aliphatic heterocycles. The van der Waals surface area contributed by atoms with Crippen molar-refractivity contribution in [1.29, 1.82) is 0 Å². The van der Waals surface area contributed by atoms with Crippen LogP contribution in [0.25, 0.3) is 6.08 Å². The molecule has 2 fully saturated rings. The number of rotatable bonds is 5. The molecule has 4 nitrogen and oxygen atoms in total. The summed E-state index contributed by atoms with van der Waals surface area (Å²) >= 11 is 0. The number of amides is 1. The van der Waals surface area contributed by atoms with E-state index in [1.54, 1.807) is 7.11 Å². The molecule has 158 valence electrons. The van der Waals surface area contributed by atoms with Crippen LogP contribution in [0.4, 0.5) is 8.78 Å². The lowest BCUT2D eigenvalue weighted by atomic mass is 9.87. The molecule has 2 aromatic carbocycles. The molecule has 1 heterocycles. The standard InChI is InChI=1S/C24H25F2NO3/c1-29-22-9-6-15(13-23(22)30-20-4-2-3-5-20)18-11-17(24(28)27-14-18)10-16-12-19(25)7-8-21(16)26/h6-10,12-13,18,20H,2-5,11,14H2,1H3,(H,27,28). The van der Waals surface area contributed by atoms with Gasteiger partial charge in [0.05, 0.1) is 13.2 Å². The van der Waals surface area contributed by atoms with E-state index in [9.17, 15) is 13.6 Å². The molecule has 1 amide bonds. The number of benzene rings is 2. The molecule has 0 spiro atoms. The molecule has 0 bridgehead atoms. The topological polar surface area (TPSA) is 47.6 Å². The average molecular weight is 413 g/mol. The Morgan fingerprint density at radius 1 is 1.07 bits per heavy atom. The Hall–Kier alpha value is -2.89. The number of halogens is 2. The van der Waals surface area contributed by atoms with Crippen molar-refractivity contribution in [1.82, 2.24) is 5.32 Å². The summed E-state index contributed by atoms with van der Waals surface area (Å²) in [6, 6.07) is 9.04. The molecule has 4 rings (SSSR count). The first kappa shape index (κ1) is 20.4. The molecule has 30 heavy (non-hydrogen) atoms. The molecular weight excluding hydrogens is 388 g/mol. The Balaban J connectivity index is 1.58. The van der Waals surface area contributed by atoms with Crippen LogP contribution in [0, 0.1) is 11.6 Å². The minimum atomic E-state index is -0.560. The van der Waals surface area contributed by atoms with Crippen LogP contribution < -0.4 is 14.8 Å². The number of methoxy groups -OCH3 is 1. The first-order valence-corrected chi connectivity index (χ1v) is 10.3. The molecule has 1 saturated heterocycles. The van der Waals surface area contributed by atoms with Gasteiger partial charge >= 0.3 is 0 Å². The third kappa shape index (κ3) is 4.48. The molecule has 2 aliphatic rings. The summed E-state index contributed by atoms with van der Waals surface area (Å²) in [6.45, 7) is 0.469. The monoisotopic (exact) mass is 413 g/mol. The normalized spacial score (nSPS) is 21.0. The van der Waals surface area contributed by atoms with Gasteiger partial charge in [-0.05, 0) is 74.1 Å². The lowest BCUT2D eigenvalue weighted by molar-refractivity contribution is -0.118. The van der Waals surface area contributed by atoms with Gasteiger partial charge in [-0.15, -0.1) is 0 Å². The SMILES string of the molecule is COc1ccc(C2CNC(=O)C(=Cc3cc(F)ccc3F)C2)cc1OC1CCCC1. The van der Waals surface area contributed by atoms with E-state index in [2.05, 4.69) is 5.32 Å². The van der Waals surface area contributed by atoms with E-state index in [-0.39, 0.29) is 23.5 Å². The molecule has 1 N–H and O–H groups in total. The molecule has 6 heteroatoms. The summed E-state index contributed by atoms with van der Waals surface area (Å²) in [5, 5.41) is 2.86. The summed E-state index contributed by atoms with van der Waals surface area (Å²) in [6.07, 6.45) is 6.48. The van der Waals surface area contributed by atoms with Crippen molar-refractivity contribution in [2.75, 3.05) is 13.7 Å². The molecular formula is C24H25F2NO3. The first-order chi connectivity index (χ1) is 14.5. The van der Waals surface area contributed by atoms with Gasteiger partial charge in [-0.3, -0.25) is 4.79 Å². The lowest BCUT2D eigenvalue weighted by Gasteiger charge is -2.26. The summed E-state index contributed by atoms with van der Waals surface area (Å²) in [7, 11) is 1.62. The maximum atomic E-state index is 14.0. The maximum Gasteiger partial charge on any atom is 0.247 e. The van der Waals surface area contributed by atoms with Crippen molar-refractivity contribution < 1.29 is 23.0 Å². The first-order valence-electron chi connectivity index (χ1n) is 10.3. The van der Waals surface area contributed by atoms with E-state index >= 15 is 0 Å². The predicted octanol–water partition coefficient (Wildman–Crippen LogP) is 4.98. The Kier molecular flexibility index (Phi) is 6.02. The molecule has 1 atom stereocenters. The van der Waals surface area contributed by atoms with Crippen molar-refractivity contribution in [3.63, 3.8) is 0 Å². The van der Waals surface area contributed by atoms with Crippen LogP contribution >= 0.6 is 0 Å². The number of nitrogens with one attached hydrogen (secondary N) is 1. The molecule has 0 radical (unpaired) electrons. The fraction of sp³-hybridized carbons (Fsp3) is 0.375. The molecule has 1 unspecified atom stereocenters. The van der Waals surface area contributed by atoms with Gasteiger partial charge in [0.25, 0.3) is 0 Å². The van der Waals surface area contributed by atoms with Crippen LogP contribution in [-0.2, 0) is 4.79 Å². The van der Waals surface area contributed by atoms with Crippen LogP contribution in [0.2, 0.25) is 0 Å². The van der Waals surface area contributed by atoms with Crippen molar-refractivity contribution >= 4 is 12.0 Å². The number of hydrogen-bond acceptors (Lipinski definition) is 3. The van der Waals surface area contributed by atoms with Crippen LogP contribution in [0.15, 0.2) is 42.0 Å². The van der Waals surface area contributed by atoms with Crippen LogP contribution in [0.3, 0.4) is 0 Å². The smallest absolute Gasteiger partial charge is 0.247 e. The Morgan fingerprint density at radius 3 is 2.63 bits per heavy atom. The van der Waals surface area contributed by atoms with Gasteiger partial charge in [0.1, 0.15) is 11.6 Å². The van der Waals surface area contributed by atoms with E-state index in [1.807, 2.05) is 18.2 Å². The predicted molar refractivity (Wildman–Crippen MR) is 111 cm³/mol. The van der Waals surface area contributed by atoms with E-state index < -0.39 is 11.6 Å². The minimum absolute atomic E-state index is 0.00223. The van der Waals surface area contributed by atoms with Crippen LogP contribution in [0.1, 0.15) is 49.1 Å². The highest BCUT2D eigenvalue weighted by Gasteiger charge is 2.26. The second-order valence-corrected chi connectivity index (χ2v) is 7.88. The van der Waals surface area contributed by atoms with Gasteiger partial charge in [0, 0.05) is 23.6 Å². The Bertz CT molecular complexity index is 967. The van der Waals surface area contributed by atoms with Crippen LogP contribution in [0.5, 0.6) is 11.5 Å². The Morgan fingerprint density at radius 2 is 1.87 bits per heavy atom. The minimum Gasteiger partial charge on any atom is -0.493 e. The second kappa shape index (κ2) is 8.86. The van der Waals surface area contributed by atoms with E-state index in [1.165, 1.54) is 18.9 Å². The average Bonchev–Trinajstić information content (AvgIpc) is 3.25. The summed E-state index contributed by atoms with van der Waals surface area (Å²) in [5.74, 6) is 0.0345. The maximum absolute atomic E-state index is 14.0. The third-order valence-electron chi connectivity index (χ3n) is 5.81. The van der Waals surface area contributed by atoms with E-state index in [4.69, 9.17) is 9.47 Å². The lowest BCUT2D eigenvalue weighted by Crippen LogP contribution is -2.35. The zero-order chi connectivity index (χ0) is 21.1. The second-order valence-electron chi connectivity index (χ2n) is 7.88. The summed E-state index contributed by atoms with van der Waals surface area (Å²) in [4.78, 5) is 12.3. The highest BCUT2D eigenvalue weighted by atomic mass is 19.1. The van der Waals surface area contributed by atoms with E-state index in [0.29, 0.717) is 30.0 Å². The molecule has 1 aliphatic carbocycles. The van der Waals surface area contributed by atoms with Crippen LogP contribution in [-0.4, -0.2) is 25.7 Å². The number of carbonyl (C=O) groups excluding carboxylic acids is 1. The van der Waals surface area contributed by atoms with Gasteiger partial charge < -0.3 is 14.8 Å². The largest absolute Gasteiger partial charge is 0.493 e. The van der Waals surface area contributed by atoms with Crippen molar-refractivity contribution in [3.05, 3.63) is 64.7 Å². The molecule has 1 saturated carbocycles. The zero-order valence-electron chi connectivity index (χ0n) is 16.9. The van der Waals surface area contributed by atoms with Gasteiger partial charge in [0.15, 0.2) is 11.5 Å². The number of ether oxygens (including phenoxy) is 2. The van der Waals surface area contributed by atoms with Gasteiger partial charge in [-0.2, -0.15) is 0 Å². The summed E-state index contributed by atoms with van der Waals surface area (Å²) in [5.41, 5.74) is 1.50. The van der Waals surface area contributed by atoms with Crippen molar-refractivity contribution in [3.8, 4) is 11.5 Å². The summed E-state index contributed by atoms with van der Waals surface area (Å²) < 4.78 is 39.2. The number of carbonyl (C=O) groups is 1. The fourth-order valence-electron chi connectivity index (χ4n) is 4.16. The highest BCUT2D eigenvalue weighted by molar-refractivity contribution is 5.98.